The summed E-state index contributed by atoms with van der Waals surface area (Å²) in [5.74, 6) is 0.235. The zero-order valence-corrected chi connectivity index (χ0v) is 11.1. The van der Waals surface area contributed by atoms with E-state index < -0.39 is 11.7 Å². The van der Waals surface area contributed by atoms with E-state index >= 15 is 0 Å². The predicted octanol–water partition coefficient (Wildman–Crippen LogP) is 3.43. The van der Waals surface area contributed by atoms with Crippen LogP contribution in [0.4, 0.5) is 19.0 Å². The number of aliphatic hydroxyl groups is 1. The van der Waals surface area contributed by atoms with Crippen molar-refractivity contribution in [2.45, 2.75) is 12.8 Å². The van der Waals surface area contributed by atoms with E-state index in [4.69, 9.17) is 9.84 Å². The third-order valence-electron chi connectivity index (χ3n) is 2.71. The maximum Gasteiger partial charge on any atom is 0.416 e. The molecule has 0 bridgehead atoms. The molecule has 0 atom stereocenters. The van der Waals surface area contributed by atoms with Crippen molar-refractivity contribution < 1.29 is 23.0 Å². The number of anilines is 1. The first-order valence-electron chi connectivity index (χ1n) is 6.07. The van der Waals surface area contributed by atoms with Gasteiger partial charge in [0, 0.05) is 13.1 Å². The predicted molar refractivity (Wildman–Crippen MR) is 71.2 cm³/mol. The molecular weight excluding hydrogens is 285 g/mol. The van der Waals surface area contributed by atoms with Crippen molar-refractivity contribution in [1.29, 1.82) is 0 Å². The van der Waals surface area contributed by atoms with Crippen molar-refractivity contribution in [3.8, 4) is 11.6 Å². The summed E-state index contributed by atoms with van der Waals surface area (Å²) in [6.07, 6.45) is -4.48. The van der Waals surface area contributed by atoms with Crippen molar-refractivity contribution in [2.75, 3.05) is 12.4 Å². The van der Waals surface area contributed by atoms with E-state index in [0.29, 0.717) is 11.3 Å². The minimum atomic E-state index is -4.48. The second-order valence-corrected chi connectivity index (χ2v) is 4.23. The number of pyridine rings is 1. The minimum Gasteiger partial charge on any atom is -0.439 e. The van der Waals surface area contributed by atoms with Gasteiger partial charge in [0.25, 0.3) is 0 Å². The van der Waals surface area contributed by atoms with Crippen LogP contribution in [0.25, 0.3) is 0 Å². The summed E-state index contributed by atoms with van der Waals surface area (Å²) in [6, 6.07) is 8.06. The fourth-order valence-corrected chi connectivity index (χ4v) is 1.63. The summed E-state index contributed by atoms with van der Waals surface area (Å²) < 4.78 is 43.7. The van der Waals surface area contributed by atoms with E-state index in [0.717, 1.165) is 12.1 Å². The topological polar surface area (TPSA) is 54.4 Å². The number of hydrogen-bond donors (Lipinski definition) is 2. The Hall–Kier alpha value is -2.28. The van der Waals surface area contributed by atoms with Gasteiger partial charge in [0.15, 0.2) is 0 Å². The first-order valence-corrected chi connectivity index (χ1v) is 6.07. The van der Waals surface area contributed by atoms with Crippen LogP contribution in [-0.4, -0.2) is 17.1 Å². The summed E-state index contributed by atoms with van der Waals surface area (Å²) in [4.78, 5) is 3.92. The van der Waals surface area contributed by atoms with Crippen LogP contribution in [0.2, 0.25) is 0 Å². The number of halogens is 3. The fraction of sp³-hybridized carbons (Fsp3) is 0.214. The zero-order chi connectivity index (χ0) is 15.5. The molecule has 1 aromatic heterocycles. The van der Waals surface area contributed by atoms with Crippen LogP contribution in [0.15, 0.2) is 36.4 Å². The van der Waals surface area contributed by atoms with Crippen molar-refractivity contribution in [3.63, 3.8) is 0 Å². The number of nitrogens with one attached hydrogen (secondary N) is 1. The van der Waals surface area contributed by atoms with E-state index in [2.05, 4.69) is 10.3 Å². The lowest BCUT2D eigenvalue weighted by atomic mass is 10.2. The van der Waals surface area contributed by atoms with Gasteiger partial charge in [-0.15, -0.1) is 0 Å². The summed E-state index contributed by atoms with van der Waals surface area (Å²) in [5, 5.41) is 11.5. The molecule has 0 saturated carbocycles. The maximum atomic E-state index is 12.8. The molecule has 0 saturated heterocycles. The lowest BCUT2D eigenvalue weighted by molar-refractivity contribution is -0.137. The quantitative estimate of drug-likeness (QED) is 0.908. The fourth-order valence-electron chi connectivity index (χ4n) is 1.63. The Bertz CT molecular complexity index is 613. The van der Waals surface area contributed by atoms with Crippen LogP contribution in [0.5, 0.6) is 11.6 Å². The van der Waals surface area contributed by atoms with Crippen LogP contribution in [0.3, 0.4) is 0 Å². The highest BCUT2D eigenvalue weighted by Gasteiger charge is 2.32. The Morgan fingerprint density at radius 1 is 1.19 bits per heavy atom. The van der Waals surface area contributed by atoms with Gasteiger partial charge in [-0.25, -0.2) is 0 Å². The summed E-state index contributed by atoms with van der Waals surface area (Å²) in [6.45, 7) is -0.119. The Balaban J connectivity index is 2.29. The number of nitrogens with zero attached hydrogens (tertiary/aromatic N) is 1. The lowest BCUT2D eigenvalue weighted by Gasteiger charge is -2.12. The van der Waals surface area contributed by atoms with Gasteiger partial charge in [-0.2, -0.15) is 18.2 Å². The minimum absolute atomic E-state index is 0.0619. The smallest absolute Gasteiger partial charge is 0.416 e. The molecule has 21 heavy (non-hydrogen) atoms. The van der Waals surface area contributed by atoms with Crippen LogP contribution in [0.1, 0.15) is 11.1 Å². The monoisotopic (exact) mass is 298 g/mol. The molecular formula is C14H13F3N2O2. The molecule has 2 rings (SSSR count). The molecule has 4 nitrogen and oxygen atoms in total. The van der Waals surface area contributed by atoms with Crippen LogP contribution < -0.4 is 10.1 Å². The molecule has 0 aliphatic heterocycles. The van der Waals surface area contributed by atoms with Gasteiger partial charge < -0.3 is 15.2 Å². The van der Waals surface area contributed by atoms with Gasteiger partial charge in [-0.3, -0.25) is 0 Å². The maximum absolute atomic E-state index is 12.8. The molecule has 112 valence electrons. The normalized spacial score (nSPS) is 11.3. The number of benzene rings is 1. The van der Waals surface area contributed by atoms with E-state index in [1.54, 1.807) is 24.3 Å². The zero-order valence-electron chi connectivity index (χ0n) is 11.1. The molecule has 0 spiro atoms. The molecule has 1 aromatic carbocycles. The summed E-state index contributed by atoms with van der Waals surface area (Å²) in [7, 11) is 1.47. The first kappa shape index (κ1) is 15.1. The average molecular weight is 298 g/mol. The number of ether oxygens (including phenoxy) is 1. The van der Waals surface area contributed by atoms with Gasteiger partial charge >= 0.3 is 6.18 Å². The van der Waals surface area contributed by atoms with Crippen LogP contribution in [-0.2, 0) is 12.8 Å². The van der Waals surface area contributed by atoms with Gasteiger partial charge in [-0.1, -0.05) is 12.1 Å². The van der Waals surface area contributed by atoms with E-state index in [1.165, 1.54) is 7.05 Å². The molecule has 0 amide bonds. The van der Waals surface area contributed by atoms with Crippen molar-refractivity contribution in [1.82, 2.24) is 4.98 Å². The molecule has 0 fully saturated rings. The molecule has 1 heterocycles. The van der Waals surface area contributed by atoms with Gasteiger partial charge in [-0.05, 0) is 23.8 Å². The Morgan fingerprint density at radius 2 is 1.86 bits per heavy atom. The summed E-state index contributed by atoms with van der Waals surface area (Å²) >= 11 is 0. The molecule has 2 aromatic rings. The molecule has 7 heteroatoms. The Morgan fingerprint density at radius 3 is 2.38 bits per heavy atom. The summed E-state index contributed by atoms with van der Waals surface area (Å²) in [5.41, 5.74) is -0.168. The highest BCUT2D eigenvalue weighted by atomic mass is 19.4. The third-order valence-corrected chi connectivity index (χ3v) is 2.71. The second-order valence-electron chi connectivity index (χ2n) is 4.23. The number of aromatic nitrogens is 1. The Labute approximate surface area is 119 Å². The number of alkyl halides is 3. The largest absolute Gasteiger partial charge is 0.439 e. The van der Waals surface area contributed by atoms with E-state index in [9.17, 15) is 13.2 Å². The van der Waals surface area contributed by atoms with Gasteiger partial charge in [0.2, 0.25) is 5.88 Å². The lowest BCUT2D eigenvalue weighted by Crippen LogP contribution is -2.07. The molecule has 0 aliphatic carbocycles. The average Bonchev–Trinajstić information content (AvgIpc) is 2.46. The highest BCUT2D eigenvalue weighted by Crippen LogP contribution is 2.33. The second kappa shape index (κ2) is 6.01. The molecule has 0 unspecified atom stereocenters. The standard InChI is InChI=1S/C14H13F3N2O2/c1-18-12-6-10(14(15,16)17)7-13(19-12)21-11-4-2-9(8-20)3-5-11/h2-7,20H,8H2,1H3,(H,18,19). The highest BCUT2D eigenvalue weighted by molar-refractivity contribution is 5.43. The van der Waals surface area contributed by atoms with E-state index in [-0.39, 0.29) is 18.3 Å². The van der Waals surface area contributed by atoms with Crippen molar-refractivity contribution in [3.05, 3.63) is 47.5 Å². The number of rotatable bonds is 4. The Kier molecular flexibility index (Phi) is 4.32. The molecule has 0 radical (unpaired) electrons. The van der Waals surface area contributed by atoms with Crippen molar-refractivity contribution >= 4 is 5.82 Å². The van der Waals surface area contributed by atoms with Gasteiger partial charge in [0.05, 0.1) is 12.2 Å². The van der Waals surface area contributed by atoms with Crippen molar-refractivity contribution in [2.24, 2.45) is 0 Å². The third kappa shape index (κ3) is 3.85. The van der Waals surface area contributed by atoms with Crippen LogP contribution in [0, 0.1) is 0 Å². The SMILES string of the molecule is CNc1cc(C(F)(F)F)cc(Oc2ccc(CO)cc2)n1. The van der Waals surface area contributed by atoms with Gasteiger partial charge in [0.1, 0.15) is 11.6 Å². The van der Waals surface area contributed by atoms with E-state index in [1.807, 2.05) is 0 Å². The number of hydrogen-bond acceptors (Lipinski definition) is 4. The molecule has 0 aliphatic rings. The first-order chi connectivity index (χ1) is 9.92. The number of aliphatic hydroxyl groups excluding tert-OH is 1. The van der Waals surface area contributed by atoms with Crippen LogP contribution >= 0.6 is 0 Å². The molecule has 2 N–H and O–H groups in total.